The maximum Gasteiger partial charge on any atom is 0.141 e. The van der Waals surface area contributed by atoms with Gasteiger partial charge in [0.15, 0.2) is 0 Å². The summed E-state index contributed by atoms with van der Waals surface area (Å²) < 4.78 is 12.1. The van der Waals surface area contributed by atoms with Crippen LogP contribution >= 0.6 is 22.6 Å². The summed E-state index contributed by atoms with van der Waals surface area (Å²) in [4.78, 5) is 0. The molecule has 2 nitrogen and oxygen atoms in total. The van der Waals surface area contributed by atoms with Crippen LogP contribution in [0.2, 0.25) is 0 Å². The molecular formula is C12H11IO2. The molecule has 1 aliphatic heterocycles. The van der Waals surface area contributed by atoms with Crippen LogP contribution in [-0.4, -0.2) is 19.8 Å². The molecule has 0 N–H and O–H groups in total. The summed E-state index contributed by atoms with van der Waals surface area (Å²) in [6.07, 6.45) is 5.20. The zero-order valence-electron chi connectivity index (χ0n) is 8.20. The molecule has 0 atom stereocenters. The Bertz CT molecular complexity index is 374. The van der Waals surface area contributed by atoms with E-state index in [0.29, 0.717) is 19.8 Å². The fourth-order valence-electron chi connectivity index (χ4n) is 1.55. The maximum atomic E-state index is 5.68. The third kappa shape index (κ3) is 2.17. The highest BCUT2D eigenvalue weighted by atomic mass is 127. The van der Waals surface area contributed by atoms with Crippen molar-refractivity contribution < 1.29 is 9.47 Å². The minimum atomic E-state index is -0.309. The Kier molecular flexibility index (Phi) is 3.29. The molecule has 0 spiro atoms. The number of ether oxygens (including phenoxy) is 2. The summed E-state index contributed by atoms with van der Waals surface area (Å²) in [7, 11) is 0. The molecule has 78 valence electrons. The third-order valence-corrected chi connectivity index (χ3v) is 3.19. The van der Waals surface area contributed by atoms with Crippen LogP contribution in [0.15, 0.2) is 24.3 Å². The van der Waals surface area contributed by atoms with E-state index in [-0.39, 0.29) is 5.60 Å². The first-order chi connectivity index (χ1) is 7.27. The minimum absolute atomic E-state index is 0.309. The first-order valence-corrected chi connectivity index (χ1v) is 5.76. The predicted molar refractivity (Wildman–Crippen MR) is 66.4 cm³/mol. The Hall–Kier alpha value is -0.570. The molecular weight excluding hydrogens is 303 g/mol. The molecule has 1 aliphatic rings. The predicted octanol–water partition coefficient (Wildman–Crippen LogP) is 2.17. The second-order valence-corrected chi connectivity index (χ2v) is 4.73. The van der Waals surface area contributed by atoms with Crippen LogP contribution in [-0.2, 0) is 15.1 Å². The highest BCUT2D eigenvalue weighted by Gasteiger charge is 2.41. The highest BCUT2D eigenvalue weighted by Crippen LogP contribution is 2.33. The smallest absolute Gasteiger partial charge is 0.141 e. The molecule has 1 aromatic carbocycles. The van der Waals surface area contributed by atoms with Gasteiger partial charge in [0.05, 0.1) is 13.2 Å². The Morgan fingerprint density at radius 1 is 1.40 bits per heavy atom. The zero-order chi connectivity index (χ0) is 10.7. The number of benzene rings is 1. The molecule has 0 unspecified atom stereocenters. The lowest BCUT2D eigenvalue weighted by atomic mass is 9.92. The van der Waals surface area contributed by atoms with Gasteiger partial charge in [-0.3, -0.25) is 0 Å². The lowest BCUT2D eigenvalue weighted by molar-refractivity contribution is -0.210. The van der Waals surface area contributed by atoms with Crippen molar-refractivity contribution in [2.24, 2.45) is 0 Å². The average molecular weight is 314 g/mol. The van der Waals surface area contributed by atoms with E-state index < -0.39 is 0 Å². The van der Waals surface area contributed by atoms with E-state index in [1.165, 1.54) is 3.57 Å². The molecule has 0 bridgehead atoms. The molecule has 15 heavy (non-hydrogen) atoms. The normalized spacial score (nSPS) is 17.9. The van der Waals surface area contributed by atoms with Gasteiger partial charge in [0, 0.05) is 3.57 Å². The van der Waals surface area contributed by atoms with Crippen molar-refractivity contribution in [1.82, 2.24) is 0 Å². The van der Waals surface area contributed by atoms with Crippen molar-refractivity contribution in [3.63, 3.8) is 0 Å². The zero-order valence-corrected chi connectivity index (χ0v) is 10.4. The van der Waals surface area contributed by atoms with Gasteiger partial charge in [-0.25, -0.2) is 0 Å². The van der Waals surface area contributed by atoms with Gasteiger partial charge in [-0.1, -0.05) is 18.1 Å². The van der Waals surface area contributed by atoms with Crippen molar-refractivity contribution in [2.45, 2.75) is 5.60 Å². The quantitative estimate of drug-likeness (QED) is 0.629. The third-order valence-electron chi connectivity index (χ3n) is 2.47. The van der Waals surface area contributed by atoms with Crippen molar-refractivity contribution in [3.05, 3.63) is 33.4 Å². The molecule has 0 aliphatic carbocycles. The highest BCUT2D eigenvalue weighted by molar-refractivity contribution is 14.1. The van der Waals surface area contributed by atoms with Crippen LogP contribution in [0.5, 0.6) is 0 Å². The van der Waals surface area contributed by atoms with E-state index >= 15 is 0 Å². The van der Waals surface area contributed by atoms with Crippen LogP contribution in [0, 0.1) is 15.9 Å². The Balaban J connectivity index is 2.19. The molecule has 2 rings (SSSR count). The van der Waals surface area contributed by atoms with Gasteiger partial charge >= 0.3 is 0 Å². The van der Waals surface area contributed by atoms with Crippen molar-refractivity contribution in [1.29, 1.82) is 0 Å². The largest absolute Gasteiger partial charge is 0.375 e. The summed E-state index contributed by atoms with van der Waals surface area (Å²) in [6, 6.07) is 8.27. The van der Waals surface area contributed by atoms with Gasteiger partial charge in [-0.15, -0.1) is 6.42 Å². The SMILES string of the molecule is C#CCOC1(c2ccc(I)cc2)COC1. The molecule has 1 fully saturated rings. The lowest BCUT2D eigenvalue weighted by Gasteiger charge is -2.41. The first kappa shape index (κ1) is 10.9. The fraction of sp³-hybridized carbons (Fsp3) is 0.333. The number of terminal acetylenes is 1. The van der Waals surface area contributed by atoms with E-state index in [9.17, 15) is 0 Å². The standard InChI is InChI=1S/C12H11IO2/c1-2-7-15-12(8-14-9-12)10-3-5-11(13)6-4-10/h1,3-6H,7-9H2. The Morgan fingerprint density at radius 3 is 2.53 bits per heavy atom. The number of hydrogen-bond acceptors (Lipinski definition) is 2. The van der Waals surface area contributed by atoms with Gasteiger partial charge < -0.3 is 9.47 Å². The summed E-state index contributed by atoms with van der Waals surface area (Å²) in [6.45, 7) is 1.51. The minimum Gasteiger partial charge on any atom is -0.375 e. The summed E-state index contributed by atoms with van der Waals surface area (Å²) in [5.74, 6) is 2.49. The molecule has 1 saturated heterocycles. The number of halogens is 1. The monoisotopic (exact) mass is 314 g/mol. The summed E-state index contributed by atoms with van der Waals surface area (Å²) in [5.41, 5.74) is 0.834. The topological polar surface area (TPSA) is 18.5 Å². The molecule has 3 heteroatoms. The molecule has 0 radical (unpaired) electrons. The molecule has 0 amide bonds. The Labute approximate surface area is 103 Å². The van der Waals surface area contributed by atoms with E-state index in [1.54, 1.807) is 0 Å². The van der Waals surface area contributed by atoms with Gasteiger partial charge in [-0.2, -0.15) is 0 Å². The second kappa shape index (κ2) is 4.52. The molecule has 0 saturated carbocycles. The van der Waals surface area contributed by atoms with Crippen molar-refractivity contribution in [3.8, 4) is 12.3 Å². The first-order valence-electron chi connectivity index (χ1n) is 4.68. The molecule has 1 aromatic rings. The van der Waals surface area contributed by atoms with Gasteiger partial charge in [0.25, 0.3) is 0 Å². The lowest BCUT2D eigenvalue weighted by Crippen LogP contribution is -2.49. The summed E-state index contributed by atoms with van der Waals surface area (Å²) in [5, 5.41) is 0. The number of rotatable bonds is 3. The van der Waals surface area contributed by atoms with E-state index in [4.69, 9.17) is 15.9 Å². The van der Waals surface area contributed by atoms with Crippen molar-refractivity contribution >= 4 is 22.6 Å². The van der Waals surface area contributed by atoms with E-state index in [1.807, 2.05) is 0 Å². The maximum absolute atomic E-state index is 5.68. The van der Waals surface area contributed by atoms with Crippen LogP contribution in [0.25, 0.3) is 0 Å². The van der Waals surface area contributed by atoms with Crippen LogP contribution < -0.4 is 0 Å². The Morgan fingerprint density at radius 2 is 2.07 bits per heavy atom. The van der Waals surface area contributed by atoms with Crippen LogP contribution in [0.4, 0.5) is 0 Å². The van der Waals surface area contributed by atoms with Gasteiger partial charge in [-0.05, 0) is 40.3 Å². The summed E-state index contributed by atoms with van der Waals surface area (Å²) >= 11 is 2.28. The van der Waals surface area contributed by atoms with Crippen molar-refractivity contribution in [2.75, 3.05) is 19.8 Å². The molecule has 1 heterocycles. The van der Waals surface area contributed by atoms with E-state index in [2.05, 4.69) is 52.8 Å². The van der Waals surface area contributed by atoms with E-state index in [0.717, 1.165) is 5.56 Å². The fourth-order valence-corrected chi connectivity index (χ4v) is 1.91. The van der Waals surface area contributed by atoms with Crippen LogP contribution in [0.3, 0.4) is 0 Å². The van der Waals surface area contributed by atoms with Crippen LogP contribution in [0.1, 0.15) is 5.56 Å². The second-order valence-electron chi connectivity index (χ2n) is 3.49. The average Bonchev–Trinajstić information content (AvgIpc) is 2.19. The van der Waals surface area contributed by atoms with Gasteiger partial charge in [0.1, 0.15) is 12.2 Å². The van der Waals surface area contributed by atoms with Gasteiger partial charge in [0.2, 0.25) is 0 Å². The number of hydrogen-bond donors (Lipinski definition) is 0. The molecule has 0 aromatic heterocycles.